The molecule has 8 nitrogen and oxygen atoms in total. The molecule has 2 heterocycles. The molecule has 2 aliphatic heterocycles. The molecule has 0 radical (unpaired) electrons. The van der Waals surface area contributed by atoms with Gasteiger partial charge in [0.15, 0.2) is 11.4 Å². The van der Waals surface area contributed by atoms with Crippen molar-refractivity contribution in [2.45, 2.75) is 76.9 Å². The topological polar surface area (TPSA) is 130 Å². The number of aliphatic hydroxyl groups is 2. The molecule has 5 aliphatic rings. The van der Waals surface area contributed by atoms with E-state index in [0.717, 1.165) is 38.5 Å². The molecule has 1 fully saturated rings. The van der Waals surface area contributed by atoms with Gasteiger partial charge in [0, 0.05) is 23.8 Å². The second kappa shape index (κ2) is 9.46. The van der Waals surface area contributed by atoms with Crippen LogP contribution in [0.15, 0.2) is 47.5 Å². The van der Waals surface area contributed by atoms with E-state index in [0.29, 0.717) is 6.42 Å². The maximum Gasteiger partial charge on any atom is 0.379 e. The van der Waals surface area contributed by atoms with Crippen LogP contribution in [0.2, 0.25) is 0 Å². The van der Waals surface area contributed by atoms with Crippen LogP contribution in [0, 0.1) is 35.0 Å². The van der Waals surface area contributed by atoms with Gasteiger partial charge < -0.3 is 24.8 Å². The monoisotopic (exact) mass is 512 g/mol. The smallest absolute Gasteiger partial charge is 0.379 e. The van der Waals surface area contributed by atoms with Crippen LogP contribution in [-0.4, -0.2) is 44.9 Å². The molecule has 3 N–H and O–H groups in total. The summed E-state index contributed by atoms with van der Waals surface area (Å²) in [6.07, 6.45) is 14.3. The number of carbonyl (C=O) groups is 3. The minimum atomic E-state index is -1.53. The van der Waals surface area contributed by atoms with Gasteiger partial charge in [-0.05, 0) is 56.8 Å². The molecule has 8 atom stereocenters. The first-order chi connectivity index (χ1) is 17.6. The SMILES string of the molecule is C[C@@H]1C[C@@]23OC(=O)C(=C2O)OC(=O)C2(C)[C@@H]4CCC[C@H](O)[C@H]4C=C[C@H]2CCCC/C=C/[C@@H]3C=C1C(=O)O. The summed E-state index contributed by atoms with van der Waals surface area (Å²) in [5.41, 5.74) is -2.32. The third-order valence-electron chi connectivity index (χ3n) is 9.51. The number of rotatable bonds is 1. The number of carboxylic acids is 1. The number of allylic oxidation sites excluding steroid dienone is 2. The lowest BCUT2D eigenvalue weighted by Gasteiger charge is -2.49. The molecule has 0 saturated heterocycles. The van der Waals surface area contributed by atoms with Gasteiger partial charge >= 0.3 is 17.9 Å². The largest absolute Gasteiger partial charge is 0.505 e. The molecule has 5 rings (SSSR count). The lowest BCUT2D eigenvalue weighted by atomic mass is 9.55. The Morgan fingerprint density at radius 1 is 1.08 bits per heavy atom. The third-order valence-corrected chi connectivity index (χ3v) is 9.51. The number of carbonyl (C=O) groups excluding carboxylic acids is 2. The normalized spacial score (nSPS) is 42.8. The first kappa shape index (κ1) is 25.8. The molecule has 0 amide bonds. The van der Waals surface area contributed by atoms with Crippen molar-refractivity contribution in [3.8, 4) is 0 Å². The van der Waals surface area contributed by atoms with E-state index >= 15 is 0 Å². The first-order valence-corrected chi connectivity index (χ1v) is 13.5. The summed E-state index contributed by atoms with van der Waals surface area (Å²) in [5.74, 6) is -5.21. The van der Waals surface area contributed by atoms with Gasteiger partial charge in [-0.25, -0.2) is 9.59 Å². The second-order valence-electron chi connectivity index (χ2n) is 11.6. The highest BCUT2D eigenvalue weighted by Crippen LogP contribution is 2.54. The van der Waals surface area contributed by atoms with Crippen molar-refractivity contribution in [1.29, 1.82) is 0 Å². The number of ether oxygens (including phenoxy) is 2. The van der Waals surface area contributed by atoms with E-state index in [1.807, 2.05) is 25.2 Å². The standard InChI is InChI=1S/C29H36O8/c1-16-15-29-18(14-20(16)25(32)33)9-6-4-3-5-8-17-12-13-19-21(10-7-11-22(19)30)28(17,2)27(35)36-23(24(29)31)26(34)37-29/h6,9,12-14,16-19,21-22,30-31H,3-5,7-8,10-11,15H2,1-2H3,(H,32,33)/b9-6+/t16-,17-,18-,19+,21-,22+,28?,29+/m1/s1. The molecular weight excluding hydrogens is 476 g/mol. The number of aliphatic hydroxyl groups excluding tert-OH is 2. The van der Waals surface area contributed by atoms with E-state index in [1.54, 1.807) is 13.0 Å². The van der Waals surface area contributed by atoms with Gasteiger partial charge in [0.2, 0.25) is 0 Å². The minimum absolute atomic E-state index is 0.0539. The zero-order chi connectivity index (χ0) is 26.5. The Labute approximate surface area is 216 Å². The average Bonchev–Trinajstić information content (AvgIpc) is 3.07. The van der Waals surface area contributed by atoms with E-state index in [9.17, 15) is 29.7 Å². The fraction of sp³-hybridized carbons (Fsp3) is 0.621. The van der Waals surface area contributed by atoms with Crippen molar-refractivity contribution < 1.29 is 39.2 Å². The molecule has 8 heteroatoms. The van der Waals surface area contributed by atoms with E-state index in [4.69, 9.17) is 9.47 Å². The second-order valence-corrected chi connectivity index (χ2v) is 11.6. The van der Waals surface area contributed by atoms with Gasteiger partial charge in [-0.3, -0.25) is 4.79 Å². The molecular formula is C29H36O8. The molecule has 0 aromatic heterocycles. The van der Waals surface area contributed by atoms with Gasteiger partial charge in [0.05, 0.1) is 11.5 Å². The highest BCUT2D eigenvalue weighted by atomic mass is 16.6. The van der Waals surface area contributed by atoms with Crippen molar-refractivity contribution in [2.75, 3.05) is 0 Å². The van der Waals surface area contributed by atoms with Crippen LogP contribution in [0.5, 0.6) is 0 Å². The molecule has 1 unspecified atom stereocenters. The van der Waals surface area contributed by atoms with Gasteiger partial charge in [0.1, 0.15) is 0 Å². The number of aliphatic carboxylic acids is 1. The minimum Gasteiger partial charge on any atom is -0.505 e. The van der Waals surface area contributed by atoms with Gasteiger partial charge in [0.25, 0.3) is 5.76 Å². The quantitative estimate of drug-likeness (QED) is 0.349. The number of fused-ring (bicyclic) bond motifs is 3. The summed E-state index contributed by atoms with van der Waals surface area (Å²) in [6.45, 7) is 3.58. The number of hydrogen-bond donors (Lipinski definition) is 3. The fourth-order valence-corrected chi connectivity index (χ4v) is 7.36. The maximum absolute atomic E-state index is 13.9. The van der Waals surface area contributed by atoms with E-state index in [1.165, 1.54) is 6.08 Å². The van der Waals surface area contributed by atoms with Crippen LogP contribution in [0.1, 0.15) is 65.2 Å². The summed E-state index contributed by atoms with van der Waals surface area (Å²) < 4.78 is 11.5. The van der Waals surface area contributed by atoms with Crippen LogP contribution in [-0.2, 0) is 23.9 Å². The van der Waals surface area contributed by atoms with Crippen molar-refractivity contribution in [3.05, 3.63) is 47.5 Å². The highest BCUT2D eigenvalue weighted by molar-refractivity contribution is 5.95. The molecule has 1 saturated carbocycles. The average molecular weight is 513 g/mol. The van der Waals surface area contributed by atoms with Crippen molar-refractivity contribution in [3.63, 3.8) is 0 Å². The Balaban J connectivity index is 1.58. The first-order valence-electron chi connectivity index (χ1n) is 13.5. The fourth-order valence-electron chi connectivity index (χ4n) is 7.36. The van der Waals surface area contributed by atoms with Crippen molar-refractivity contribution in [1.82, 2.24) is 0 Å². The van der Waals surface area contributed by atoms with Crippen LogP contribution in [0.3, 0.4) is 0 Å². The van der Waals surface area contributed by atoms with Crippen LogP contribution < -0.4 is 0 Å². The predicted octanol–water partition coefficient (Wildman–Crippen LogP) is 4.36. The molecule has 0 aromatic rings. The lowest BCUT2D eigenvalue weighted by molar-refractivity contribution is -0.168. The van der Waals surface area contributed by atoms with Crippen LogP contribution >= 0.6 is 0 Å². The summed E-state index contributed by atoms with van der Waals surface area (Å²) in [4.78, 5) is 38.9. The number of esters is 2. The Hall–Kier alpha value is -2.87. The van der Waals surface area contributed by atoms with E-state index in [-0.39, 0.29) is 29.7 Å². The summed E-state index contributed by atoms with van der Waals surface area (Å²) in [6, 6.07) is 0. The van der Waals surface area contributed by atoms with Gasteiger partial charge in [-0.15, -0.1) is 0 Å². The maximum atomic E-state index is 13.9. The molecule has 0 aromatic carbocycles. The van der Waals surface area contributed by atoms with Crippen LogP contribution in [0.4, 0.5) is 0 Å². The summed E-state index contributed by atoms with van der Waals surface area (Å²) in [5, 5.41) is 31.8. The van der Waals surface area contributed by atoms with E-state index in [2.05, 4.69) is 0 Å². The number of carboxylic acid groups (broad SMARTS) is 1. The molecule has 200 valence electrons. The summed E-state index contributed by atoms with van der Waals surface area (Å²) in [7, 11) is 0. The van der Waals surface area contributed by atoms with Crippen LogP contribution in [0.25, 0.3) is 0 Å². The predicted molar refractivity (Wildman–Crippen MR) is 133 cm³/mol. The molecule has 3 aliphatic carbocycles. The zero-order valence-electron chi connectivity index (χ0n) is 21.4. The van der Waals surface area contributed by atoms with Crippen molar-refractivity contribution >= 4 is 17.9 Å². The Bertz CT molecular complexity index is 1110. The third kappa shape index (κ3) is 4.04. The molecule has 1 spiro atoms. The molecule has 37 heavy (non-hydrogen) atoms. The Kier molecular flexibility index (Phi) is 6.59. The van der Waals surface area contributed by atoms with E-state index < -0.39 is 58.4 Å². The van der Waals surface area contributed by atoms with Gasteiger partial charge in [-0.1, -0.05) is 50.1 Å². The number of hydrogen-bond acceptors (Lipinski definition) is 7. The van der Waals surface area contributed by atoms with Crippen molar-refractivity contribution in [2.24, 2.45) is 35.0 Å². The summed E-state index contributed by atoms with van der Waals surface area (Å²) >= 11 is 0. The zero-order valence-corrected chi connectivity index (χ0v) is 21.4. The lowest BCUT2D eigenvalue weighted by Crippen LogP contribution is -2.51. The van der Waals surface area contributed by atoms with Gasteiger partial charge in [-0.2, -0.15) is 0 Å². The molecule has 2 bridgehead atoms. The highest BCUT2D eigenvalue weighted by Gasteiger charge is 2.59. The Morgan fingerprint density at radius 2 is 1.86 bits per heavy atom. The Morgan fingerprint density at radius 3 is 2.62 bits per heavy atom.